The van der Waals surface area contributed by atoms with Crippen molar-refractivity contribution in [2.45, 2.75) is 36.9 Å². The van der Waals surface area contributed by atoms with Crippen LogP contribution in [0.25, 0.3) is 0 Å². The number of nitrogens with one attached hydrogen (secondary N) is 2. The molecule has 0 aromatic heterocycles. The monoisotopic (exact) mass is 434 g/mol. The Labute approximate surface area is 188 Å². The highest BCUT2D eigenvalue weighted by molar-refractivity contribution is 5.95. The van der Waals surface area contributed by atoms with Crippen LogP contribution in [0, 0.1) is 0 Å². The third-order valence-electron chi connectivity index (χ3n) is 6.90. The fraction of sp³-hybridized carbons (Fsp3) is 0.440. The maximum atomic E-state index is 13.4. The molecule has 0 aliphatic carbocycles. The zero-order valence-electron chi connectivity index (χ0n) is 18.4. The van der Waals surface area contributed by atoms with Crippen LogP contribution in [0.5, 0.6) is 0 Å². The molecule has 3 aliphatic heterocycles. The van der Waals surface area contributed by atoms with Crippen molar-refractivity contribution in [2.24, 2.45) is 0 Å². The molecule has 168 valence electrons. The summed E-state index contributed by atoms with van der Waals surface area (Å²) in [7, 11) is 2.12. The summed E-state index contributed by atoms with van der Waals surface area (Å²) >= 11 is 0. The van der Waals surface area contributed by atoms with Gasteiger partial charge in [-0.3, -0.25) is 14.6 Å². The van der Waals surface area contributed by atoms with Crippen LogP contribution in [0.1, 0.15) is 35.9 Å². The number of likely N-dealkylation sites (tertiary alicyclic amines) is 1. The maximum absolute atomic E-state index is 13.4. The number of hydrogen-bond donors (Lipinski definition) is 2. The van der Waals surface area contributed by atoms with E-state index in [4.69, 9.17) is 4.74 Å². The predicted octanol–water partition coefficient (Wildman–Crippen LogP) is 2.65. The molecule has 3 amide bonds. The summed E-state index contributed by atoms with van der Waals surface area (Å²) in [6, 6.07) is 18.6. The summed E-state index contributed by atoms with van der Waals surface area (Å²) in [5.74, 6) is 0.0968. The Morgan fingerprint density at radius 3 is 2.75 bits per heavy atom. The van der Waals surface area contributed by atoms with Crippen LogP contribution in [0.2, 0.25) is 0 Å². The highest BCUT2D eigenvalue weighted by atomic mass is 16.5. The van der Waals surface area contributed by atoms with Gasteiger partial charge in [-0.2, -0.15) is 0 Å². The molecule has 0 radical (unpaired) electrons. The van der Waals surface area contributed by atoms with Crippen LogP contribution in [0.15, 0.2) is 54.6 Å². The van der Waals surface area contributed by atoms with Crippen molar-refractivity contribution in [2.75, 3.05) is 38.3 Å². The average molecular weight is 435 g/mol. The van der Waals surface area contributed by atoms with Crippen LogP contribution < -0.4 is 15.5 Å². The van der Waals surface area contributed by atoms with Gasteiger partial charge in [0.1, 0.15) is 6.61 Å². The molecule has 0 saturated carbocycles. The van der Waals surface area contributed by atoms with Crippen molar-refractivity contribution in [1.29, 1.82) is 0 Å². The second-order valence-electron chi connectivity index (χ2n) is 9.06. The molecule has 7 nitrogen and oxygen atoms in total. The number of urea groups is 1. The molecule has 2 aromatic rings. The molecular weight excluding hydrogens is 404 g/mol. The topological polar surface area (TPSA) is 73.9 Å². The summed E-state index contributed by atoms with van der Waals surface area (Å²) in [5.41, 5.74) is 3.34. The van der Waals surface area contributed by atoms with Crippen molar-refractivity contribution in [3.05, 3.63) is 65.7 Å². The Bertz CT molecular complexity index is 982. The van der Waals surface area contributed by atoms with Gasteiger partial charge in [-0.25, -0.2) is 4.79 Å². The largest absolute Gasteiger partial charge is 0.370 e. The fourth-order valence-electron chi connectivity index (χ4n) is 5.44. The number of benzene rings is 2. The third-order valence-corrected chi connectivity index (χ3v) is 6.90. The molecule has 0 spiro atoms. The van der Waals surface area contributed by atoms with E-state index in [0.29, 0.717) is 13.2 Å². The molecule has 2 unspecified atom stereocenters. The van der Waals surface area contributed by atoms with Gasteiger partial charge >= 0.3 is 6.03 Å². The van der Waals surface area contributed by atoms with Crippen molar-refractivity contribution >= 4 is 17.6 Å². The highest BCUT2D eigenvalue weighted by Gasteiger charge is 2.38. The van der Waals surface area contributed by atoms with Gasteiger partial charge in [-0.15, -0.1) is 0 Å². The van der Waals surface area contributed by atoms with Crippen LogP contribution in [0.4, 0.5) is 10.5 Å². The van der Waals surface area contributed by atoms with Crippen LogP contribution in [-0.2, 0) is 9.53 Å². The molecule has 2 aromatic carbocycles. The Hall–Kier alpha value is -2.90. The van der Waals surface area contributed by atoms with E-state index in [1.807, 2.05) is 29.2 Å². The second kappa shape index (κ2) is 8.92. The minimum atomic E-state index is -0.0700. The van der Waals surface area contributed by atoms with E-state index >= 15 is 0 Å². The molecule has 2 fully saturated rings. The molecule has 3 heterocycles. The number of para-hydroxylation sites is 1. The van der Waals surface area contributed by atoms with Gasteiger partial charge in [0.2, 0.25) is 5.91 Å². The normalized spacial score (nSPS) is 27.8. The van der Waals surface area contributed by atoms with Gasteiger partial charge in [0.15, 0.2) is 0 Å². The smallest absolute Gasteiger partial charge is 0.322 e. The summed E-state index contributed by atoms with van der Waals surface area (Å²) in [4.78, 5) is 29.3. The first-order valence-electron chi connectivity index (χ1n) is 11.4. The highest BCUT2D eigenvalue weighted by Crippen LogP contribution is 2.39. The molecule has 4 atom stereocenters. The van der Waals surface area contributed by atoms with Gasteiger partial charge < -0.3 is 15.4 Å². The van der Waals surface area contributed by atoms with Gasteiger partial charge in [0.05, 0.1) is 24.7 Å². The summed E-state index contributed by atoms with van der Waals surface area (Å²) in [6.07, 6.45) is 1.68. The Morgan fingerprint density at radius 2 is 1.94 bits per heavy atom. The van der Waals surface area contributed by atoms with Crippen LogP contribution in [-0.4, -0.2) is 62.3 Å². The molecule has 7 heteroatoms. The summed E-state index contributed by atoms with van der Waals surface area (Å²) in [6.45, 7) is 2.20. The van der Waals surface area contributed by atoms with E-state index in [-0.39, 0.29) is 42.6 Å². The number of amides is 3. The van der Waals surface area contributed by atoms with Gasteiger partial charge in [0.25, 0.3) is 0 Å². The lowest BCUT2D eigenvalue weighted by Gasteiger charge is -2.29. The molecule has 5 rings (SSSR count). The number of ether oxygens (including phenoxy) is 1. The number of carbonyl (C=O) groups is 2. The van der Waals surface area contributed by atoms with Crippen LogP contribution in [0.3, 0.4) is 0 Å². The SMILES string of the molecule is CN1CC[C@@H](NC(=O)N2CC(CC3COCC(=O)N3)c3ccccc32)[C@@H]1c1ccccc1. The van der Waals surface area contributed by atoms with E-state index < -0.39 is 0 Å². The minimum absolute atomic E-state index is 0.0248. The first-order valence-corrected chi connectivity index (χ1v) is 11.4. The predicted molar refractivity (Wildman–Crippen MR) is 123 cm³/mol. The zero-order valence-corrected chi connectivity index (χ0v) is 18.4. The molecule has 3 aliphatic rings. The van der Waals surface area contributed by atoms with Crippen LogP contribution >= 0.6 is 0 Å². The number of carbonyl (C=O) groups excluding carboxylic acids is 2. The molecule has 0 bridgehead atoms. The van der Waals surface area contributed by atoms with Gasteiger partial charge in [-0.1, -0.05) is 48.5 Å². The molecule has 2 N–H and O–H groups in total. The standard InChI is InChI=1S/C25H30N4O3/c1-28-12-11-21(24(28)17-7-3-2-4-8-17)27-25(31)29-14-18(20-9-5-6-10-22(20)29)13-19-15-32-16-23(30)26-19/h2-10,18-19,21,24H,11-16H2,1H3,(H,26,30)(H,27,31)/t18?,19?,21-,24+/m1/s1. The summed E-state index contributed by atoms with van der Waals surface area (Å²) < 4.78 is 5.41. The number of hydrogen-bond acceptors (Lipinski definition) is 4. The number of rotatable bonds is 4. The van der Waals surface area contributed by atoms with E-state index in [1.54, 1.807) is 0 Å². The first-order chi connectivity index (χ1) is 15.6. The van der Waals surface area contributed by atoms with Crippen molar-refractivity contribution in [1.82, 2.24) is 15.5 Å². The number of anilines is 1. The van der Waals surface area contributed by atoms with E-state index in [0.717, 1.165) is 30.6 Å². The third kappa shape index (κ3) is 4.10. The van der Waals surface area contributed by atoms with Gasteiger partial charge in [0, 0.05) is 24.7 Å². The Morgan fingerprint density at radius 1 is 1.16 bits per heavy atom. The molecule has 2 saturated heterocycles. The summed E-state index contributed by atoms with van der Waals surface area (Å²) in [5, 5.41) is 6.34. The minimum Gasteiger partial charge on any atom is -0.370 e. The Balaban J connectivity index is 1.31. The number of fused-ring (bicyclic) bond motifs is 1. The Kier molecular flexibility index (Phi) is 5.85. The van der Waals surface area contributed by atoms with E-state index in [2.05, 4.69) is 52.9 Å². The lowest BCUT2D eigenvalue weighted by molar-refractivity contribution is -0.131. The van der Waals surface area contributed by atoms with Crippen molar-refractivity contribution in [3.8, 4) is 0 Å². The number of likely N-dealkylation sites (N-methyl/N-ethyl adjacent to an activating group) is 1. The number of nitrogens with zero attached hydrogens (tertiary/aromatic N) is 2. The van der Waals surface area contributed by atoms with E-state index in [9.17, 15) is 9.59 Å². The number of morpholine rings is 1. The molecular formula is C25H30N4O3. The quantitative estimate of drug-likeness (QED) is 0.776. The van der Waals surface area contributed by atoms with E-state index in [1.165, 1.54) is 5.56 Å². The lowest BCUT2D eigenvalue weighted by Crippen LogP contribution is -2.48. The fourth-order valence-corrected chi connectivity index (χ4v) is 5.44. The molecule has 32 heavy (non-hydrogen) atoms. The van der Waals surface area contributed by atoms with Gasteiger partial charge in [-0.05, 0) is 37.1 Å². The van der Waals surface area contributed by atoms with Crippen molar-refractivity contribution < 1.29 is 14.3 Å². The maximum Gasteiger partial charge on any atom is 0.322 e. The van der Waals surface area contributed by atoms with Crippen molar-refractivity contribution in [3.63, 3.8) is 0 Å². The first kappa shape index (κ1) is 21.0. The zero-order chi connectivity index (χ0) is 22.1. The lowest BCUT2D eigenvalue weighted by atomic mass is 9.94. The second-order valence-corrected chi connectivity index (χ2v) is 9.06. The average Bonchev–Trinajstić information content (AvgIpc) is 3.35.